The Bertz CT molecular complexity index is 1180. The summed E-state index contributed by atoms with van der Waals surface area (Å²) < 4.78 is 34.0. The van der Waals surface area contributed by atoms with E-state index in [0.717, 1.165) is 55.5 Å². The number of anilines is 1. The van der Waals surface area contributed by atoms with Gasteiger partial charge < -0.3 is 14.6 Å². The van der Waals surface area contributed by atoms with E-state index in [1.165, 1.54) is 0 Å². The third kappa shape index (κ3) is 5.30. The minimum Gasteiger partial charge on any atom is -0.467 e. The van der Waals surface area contributed by atoms with Gasteiger partial charge in [0.25, 0.3) is 0 Å². The summed E-state index contributed by atoms with van der Waals surface area (Å²) in [5.74, 6) is 1.21. The number of carbonyl (C=O) groups is 2. The van der Waals surface area contributed by atoms with Crippen LogP contribution in [0.5, 0.6) is 0 Å². The van der Waals surface area contributed by atoms with Gasteiger partial charge in [-0.2, -0.15) is 0 Å². The lowest BCUT2D eigenvalue weighted by Gasteiger charge is -2.27. The average molecular weight is 500 g/mol. The zero-order chi connectivity index (χ0) is 24.6. The average Bonchev–Trinajstić information content (AvgIpc) is 3.47. The second-order valence-corrected chi connectivity index (χ2v) is 12.0. The fourth-order valence-electron chi connectivity index (χ4n) is 5.31. The number of amides is 2. The molecular weight excluding hydrogens is 466 g/mol. The molecule has 3 aliphatic rings. The van der Waals surface area contributed by atoms with Gasteiger partial charge in [-0.1, -0.05) is 0 Å². The first-order valence-corrected chi connectivity index (χ1v) is 14.1. The molecule has 188 valence electrons. The lowest BCUT2D eigenvalue weighted by atomic mass is 9.81. The standard InChI is InChI=1S/C26H33N3O5S/c1-17-13-21-14-23(10-11-24(21)29(17)26(31)20-8-9-20)35(32,33)28-15-18-4-6-19(7-5-18)25(30)27-16-22-3-2-12-34-22/h2-3,10-12,14,17-20,28H,4-9,13,15-16H2,1H3,(H,27,30)/t17-,18?,19?/m1/s1. The molecule has 2 fully saturated rings. The van der Waals surface area contributed by atoms with Crippen LogP contribution in [0.15, 0.2) is 45.9 Å². The highest BCUT2D eigenvalue weighted by Gasteiger charge is 2.39. The molecule has 1 aromatic carbocycles. The second-order valence-electron chi connectivity index (χ2n) is 10.2. The first-order chi connectivity index (χ1) is 16.8. The van der Waals surface area contributed by atoms with Gasteiger partial charge in [-0.15, -0.1) is 0 Å². The summed E-state index contributed by atoms with van der Waals surface area (Å²) in [4.78, 5) is 27.2. The molecule has 2 aromatic rings. The fraction of sp³-hybridized carbons (Fsp3) is 0.538. The van der Waals surface area contributed by atoms with Crippen molar-refractivity contribution in [3.8, 4) is 0 Å². The molecule has 5 rings (SSSR count). The quantitative estimate of drug-likeness (QED) is 0.579. The molecule has 2 heterocycles. The van der Waals surface area contributed by atoms with Crippen molar-refractivity contribution in [2.24, 2.45) is 17.8 Å². The van der Waals surface area contributed by atoms with Crippen LogP contribution in [0.2, 0.25) is 0 Å². The lowest BCUT2D eigenvalue weighted by Crippen LogP contribution is -2.36. The molecule has 35 heavy (non-hydrogen) atoms. The van der Waals surface area contributed by atoms with Crippen molar-refractivity contribution in [2.45, 2.75) is 69.4 Å². The Hall–Kier alpha value is -2.65. The number of sulfonamides is 1. The molecule has 0 saturated heterocycles. The summed E-state index contributed by atoms with van der Waals surface area (Å²) in [5.41, 5.74) is 1.76. The van der Waals surface area contributed by atoms with Crippen molar-refractivity contribution in [1.29, 1.82) is 0 Å². The molecule has 2 saturated carbocycles. The Morgan fingerprint density at radius 3 is 2.49 bits per heavy atom. The van der Waals surface area contributed by atoms with Crippen LogP contribution >= 0.6 is 0 Å². The van der Waals surface area contributed by atoms with Crippen molar-refractivity contribution in [3.63, 3.8) is 0 Å². The lowest BCUT2D eigenvalue weighted by molar-refractivity contribution is -0.126. The minimum atomic E-state index is -3.65. The molecule has 0 bridgehead atoms. The summed E-state index contributed by atoms with van der Waals surface area (Å²) in [6.07, 6.45) is 7.26. The van der Waals surface area contributed by atoms with Gasteiger partial charge in [-0.3, -0.25) is 9.59 Å². The van der Waals surface area contributed by atoms with Crippen molar-refractivity contribution in [3.05, 3.63) is 47.9 Å². The highest BCUT2D eigenvalue weighted by molar-refractivity contribution is 7.89. The number of benzene rings is 1. The third-order valence-electron chi connectivity index (χ3n) is 7.54. The van der Waals surface area contributed by atoms with E-state index in [4.69, 9.17) is 4.42 Å². The van der Waals surface area contributed by atoms with E-state index in [9.17, 15) is 18.0 Å². The molecule has 1 aromatic heterocycles. The molecule has 0 radical (unpaired) electrons. The Balaban J connectivity index is 1.13. The Labute approximate surface area is 206 Å². The first-order valence-electron chi connectivity index (χ1n) is 12.6. The van der Waals surface area contributed by atoms with Gasteiger partial charge in [0.05, 0.1) is 17.7 Å². The number of nitrogens with one attached hydrogen (secondary N) is 2. The Morgan fingerprint density at radius 1 is 1.06 bits per heavy atom. The Morgan fingerprint density at radius 2 is 1.80 bits per heavy atom. The second kappa shape index (κ2) is 9.78. The summed E-state index contributed by atoms with van der Waals surface area (Å²) in [6, 6.07) is 8.77. The number of hydrogen-bond donors (Lipinski definition) is 2. The summed E-state index contributed by atoms with van der Waals surface area (Å²) in [5, 5.41) is 2.92. The Kier molecular flexibility index (Phi) is 6.72. The van der Waals surface area contributed by atoms with Crippen LogP contribution in [0.3, 0.4) is 0 Å². The first kappa shape index (κ1) is 24.1. The fourth-order valence-corrected chi connectivity index (χ4v) is 6.48. The molecule has 2 N–H and O–H groups in total. The number of nitrogens with zero attached hydrogens (tertiary/aromatic N) is 1. The molecule has 1 aliphatic heterocycles. The number of fused-ring (bicyclic) bond motifs is 1. The third-order valence-corrected chi connectivity index (χ3v) is 8.96. The maximum Gasteiger partial charge on any atom is 0.240 e. The molecule has 0 spiro atoms. The predicted octanol–water partition coefficient (Wildman–Crippen LogP) is 3.37. The molecule has 2 aliphatic carbocycles. The zero-order valence-electron chi connectivity index (χ0n) is 20.0. The predicted molar refractivity (Wildman–Crippen MR) is 131 cm³/mol. The van der Waals surface area contributed by atoms with Crippen LogP contribution in [-0.4, -0.2) is 32.8 Å². The normalized spacial score (nSPS) is 24.3. The summed E-state index contributed by atoms with van der Waals surface area (Å²) in [6.45, 7) is 2.76. The van der Waals surface area contributed by atoms with Crippen molar-refractivity contribution < 1.29 is 22.4 Å². The zero-order valence-corrected chi connectivity index (χ0v) is 20.9. The van der Waals surface area contributed by atoms with E-state index >= 15 is 0 Å². The topological polar surface area (TPSA) is 109 Å². The van der Waals surface area contributed by atoms with Gasteiger partial charge in [0.1, 0.15) is 5.76 Å². The highest BCUT2D eigenvalue weighted by atomic mass is 32.2. The van der Waals surface area contributed by atoms with Crippen LogP contribution in [-0.2, 0) is 32.6 Å². The van der Waals surface area contributed by atoms with Crippen molar-refractivity contribution in [2.75, 3.05) is 11.4 Å². The van der Waals surface area contributed by atoms with Gasteiger partial charge in [-0.25, -0.2) is 13.1 Å². The van der Waals surface area contributed by atoms with Gasteiger partial charge in [0.15, 0.2) is 0 Å². The summed E-state index contributed by atoms with van der Waals surface area (Å²) >= 11 is 0. The number of rotatable bonds is 8. The monoisotopic (exact) mass is 499 g/mol. The molecule has 9 heteroatoms. The van der Waals surface area contributed by atoms with Gasteiger partial charge >= 0.3 is 0 Å². The maximum absolute atomic E-state index is 13.0. The van der Waals surface area contributed by atoms with Gasteiger partial charge in [-0.05, 0) is 93.7 Å². The van der Waals surface area contributed by atoms with Crippen molar-refractivity contribution >= 4 is 27.5 Å². The molecule has 8 nitrogen and oxygen atoms in total. The van der Waals surface area contributed by atoms with E-state index in [-0.39, 0.29) is 40.5 Å². The molecular formula is C26H33N3O5S. The summed E-state index contributed by atoms with van der Waals surface area (Å²) in [7, 11) is -3.65. The molecule has 1 atom stereocenters. The van der Waals surface area contributed by atoms with Crippen LogP contribution in [0, 0.1) is 17.8 Å². The van der Waals surface area contributed by atoms with Crippen molar-refractivity contribution in [1.82, 2.24) is 10.0 Å². The SMILES string of the molecule is C[C@@H]1Cc2cc(S(=O)(=O)NCC3CCC(C(=O)NCc4ccco4)CC3)ccc2N1C(=O)C1CC1. The smallest absolute Gasteiger partial charge is 0.240 e. The van der Waals surface area contributed by atoms with Crippen LogP contribution < -0.4 is 14.9 Å². The van der Waals surface area contributed by atoms with Crippen LogP contribution in [0.1, 0.15) is 56.8 Å². The van der Waals surface area contributed by atoms with Crippen LogP contribution in [0.25, 0.3) is 0 Å². The van der Waals surface area contributed by atoms with Gasteiger partial charge in [0.2, 0.25) is 21.8 Å². The van der Waals surface area contributed by atoms with E-state index in [1.807, 2.05) is 17.9 Å². The van der Waals surface area contributed by atoms with Crippen LogP contribution in [0.4, 0.5) is 5.69 Å². The number of furan rings is 1. The van der Waals surface area contributed by atoms with Gasteiger partial charge in [0, 0.05) is 30.1 Å². The highest BCUT2D eigenvalue weighted by Crippen LogP contribution is 2.39. The minimum absolute atomic E-state index is 0.0296. The molecule has 0 unspecified atom stereocenters. The van der Waals surface area contributed by atoms with E-state index in [2.05, 4.69) is 10.0 Å². The number of hydrogen-bond acceptors (Lipinski definition) is 5. The maximum atomic E-state index is 13.0. The molecule has 2 amide bonds. The van der Waals surface area contributed by atoms with E-state index in [1.54, 1.807) is 30.5 Å². The van der Waals surface area contributed by atoms with E-state index in [0.29, 0.717) is 19.5 Å². The van der Waals surface area contributed by atoms with E-state index < -0.39 is 10.0 Å². The number of carbonyl (C=O) groups excluding carboxylic acids is 2. The largest absolute Gasteiger partial charge is 0.467 e.